The number of carbonyl (C=O) groups excluding carboxylic acids is 2. The normalized spacial score (nSPS) is 18.2. The fourth-order valence-corrected chi connectivity index (χ4v) is 5.25. The minimum absolute atomic E-state index is 0.0212. The van der Waals surface area contributed by atoms with Crippen LogP contribution in [-0.2, 0) is 9.59 Å². The van der Waals surface area contributed by atoms with Crippen LogP contribution in [0.3, 0.4) is 0 Å². The molecular weight excluding hydrogens is 580 g/mol. The van der Waals surface area contributed by atoms with Crippen LogP contribution < -0.4 is 10.6 Å². The number of alkyl halides is 2. The van der Waals surface area contributed by atoms with E-state index in [9.17, 15) is 18.4 Å². The van der Waals surface area contributed by atoms with E-state index >= 15 is 0 Å². The molecule has 7 heteroatoms. The van der Waals surface area contributed by atoms with Gasteiger partial charge in [0.1, 0.15) is 5.67 Å². The highest BCUT2D eigenvalue weighted by molar-refractivity contribution is 6.12. The van der Waals surface area contributed by atoms with Gasteiger partial charge < -0.3 is 10.6 Å². The SMILES string of the molecule is CCC(C)C(=O)CN=C1/C(=C(\N)C(C)=O)CCCC1(C)F.CCCCCCCC.CCCN(CCC)c1cccc(C)c1C.CF. The number of Topliss-reactive ketones (excluding diaryl/α,β-unsaturated/α-hetero) is 2. The van der Waals surface area contributed by atoms with Crippen LogP contribution in [0.2, 0.25) is 0 Å². The Bertz CT molecular complexity index is 1040. The Hall–Kier alpha value is -2.57. The van der Waals surface area contributed by atoms with Crippen molar-refractivity contribution in [3.8, 4) is 0 Å². The zero-order valence-corrected chi connectivity index (χ0v) is 31.5. The minimum Gasteiger partial charge on any atom is -0.396 e. The fourth-order valence-electron chi connectivity index (χ4n) is 5.25. The maximum absolute atomic E-state index is 14.7. The predicted molar refractivity (Wildman–Crippen MR) is 197 cm³/mol. The lowest BCUT2D eigenvalue weighted by Crippen LogP contribution is -2.38. The second-order valence-corrected chi connectivity index (χ2v) is 12.6. The smallest absolute Gasteiger partial charge is 0.175 e. The number of rotatable bonds is 15. The molecule has 5 nitrogen and oxygen atoms in total. The van der Waals surface area contributed by atoms with Gasteiger partial charge in [-0.2, -0.15) is 0 Å². The Kier molecular flexibility index (Phi) is 26.2. The quantitative estimate of drug-likeness (QED) is 0.151. The molecule has 1 aromatic rings. The fraction of sp³-hybridized carbons (Fsp3) is 0.718. The Labute approximate surface area is 281 Å². The van der Waals surface area contributed by atoms with Crippen LogP contribution in [0.15, 0.2) is 34.5 Å². The highest BCUT2D eigenvalue weighted by Gasteiger charge is 2.37. The van der Waals surface area contributed by atoms with E-state index in [1.807, 2.05) is 13.8 Å². The molecule has 2 unspecified atom stereocenters. The van der Waals surface area contributed by atoms with Crippen molar-refractivity contribution in [3.05, 3.63) is 40.6 Å². The first kappa shape index (κ1) is 45.6. The zero-order valence-electron chi connectivity index (χ0n) is 31.5. The number of halogens is 2. The van der Waals surface area contributed by atoms with Gasteiger partial charge in [0.05, 0.1) is 25.1 Å². The van der Waals surface area contributed by atoms with Crippen LogP contribution in [0.25, 0.3) is 0 Å². The Morgan fingerprint density at radius 3 is 1.96 bits per heavy atom. The number of allylic oxidation sites excluding steroid dienone is 2. The lowest BCUT2D eigenvalue weighted by Gasteiger charge is -2.30. The first-order valence-electron chi connectivity index (χ1n) is 17.8. The highest BCUT2D eigenvalue weighted by atomic mass is 19.1. The molecule has 1 fully saturated rings. The van der Waals surface area contributed by atoms with E-state index in [2.05, 4.69) is 69.6 Å². The third-order valence-corrected chi connectivity index (χ3v) is 8.47. The molecule has 0 radical (unpaired) electrons. The number of anilines is 1. The number of aryl methyl sites for hydroxylation is 1. The van der Waals surface area contributed by atoms with Gasteiger partial charge in [-0.25, -0.2) is 4.39 Å². The van der Waals surface area contributed by atoms with Gasteiger partial charge in [-0.05, 0) is 76.5 Å². The molecule has 0 amide bonds. The lowest BCUT2D eigenvalue weighted by molar-refractivity contribution is -0.121. The zero-order chi connectivity index (χ0) is 35.7. The predicted octanol–water partition coefficient (Wildman–Crippen LogP) is 10.6. The molecule has 1 aliphatic carbocycles. The van der Waals surface area contributed by atoms with Gasteiger partial charge in [-0.3, -0.25) is 19.0 Å². The standard InChI is InChI=1S/C16H25FN2O2.C14H23N.C8H18.CH3F/c1-5-10(2)13(21)9-19-15-12(14(18)11(3)20)7-6-8-16(15,4)17;1-5-10-15(11-6-2)14-9-7-8-12(3)13(14)4;1-3-5-7-8-6-4-2;1-2/h10H,5-9,18H2,1-4H3;7-9H,5-6,10-11H2,1-4H3;3-8H2,1-2H3;1H3/b14-12-,19-15?;;;. The summed E-state index contributed by atoms with van der Waals surface area (Å²) in [6, 6.07) is 6.60. The van der Waals surface area contributed by atoms with Crippen LogP contribution in [0.4, 0.5) is 14.5 Å². The van der Waals surface area contributed by atoms with Crippen molar-refractivity contribution in [2.75, 3.05) is 31.7 Å². The van der Waals surface area contributed by atoms with Crippen molar-refractivity contribution in [2.24, 2.45) is 16.6 Å². The molecule has 1 saturated carbocycles. The summed E-state index contributed by atoms with van der Waals surface area (Å²) in [5, 5.41) is 0. The average molecular weight is 650 g/mol. The van der Waals surface area contributed by atoms with Crippen molar-refractivity contribution in [1.29, 1.82) is 0 Å². The summed E-state index contributed by atoms with van der Waals surface area (Å²) >= 11 is 0. The number of nitrogens with two attached hydrogens (primary N) is 1. The summed E-state index contributed by atoms with van der Waals surface area (Å²) in [4.78, 5) is 30.1. The number of benzene rings is 1. The molecular formula is C39H69F2N3O2. The van der Waals surface area contributed by atoms with E-state index in [0.29, 0.717) is 32.0 Å². The van der Waals surface area contributed by atoms with E-state index in [-0.39, 0.29) is 35.4 Å². The summed E-state index contributed by atoms with van der Waals surface area (Å²) in [5.41, 5.74) is 9.11. The molecule has 0 bridgehead atoms. The topological polar surface area (TPSA) is 75.8 Å². The molecule has 266 valence electrons. The maximum Gasteiger partial charge on any atom is 0.175 e. The third-order valence-electron chi connectivity index (χ3n) is 8.47. The van der Waals surface area contributed by atoms with Crippen molar-refractivity contribution in [2.45, 2.75) is 152 Å². The molecule has 0 heterocycles. The van der Waals surface area contributed by atoms with Crippen LogP contribution in [0, 0.1) is 19.8 Å². The molecule has 0 spiro atoms. The van der Waals surface area contributed by atoms with Gasteiger partial charge in [-0.1, -0.05) is 92.2 Å². The first-order chi connectivity index (χ1) is 21.8. The number of ketones is 2. The molecule has 2 atom stereocenters. The van der Waals surface area contributed by atoms with E-state index in [1.165, 1.54) is 82.0 Å². The third kappa shape index (κ3) is 17.4. The molecule has 0 aromatic heterocycles. The van der Waals surface area contributed by atoms with Crippen LogP contribution in [-0.4, -0.2) is 49.8 Å². The van der Waals surface area contributed by atoms with Crippen molar-refractivity contribution >= 4 is 23.0 Å². The van der Waals surface area contributed by atoms with Gasteiger partial charge in [-0.15, -0.1) is 0 Å². The van der Waals surface area contributed by atoms with Gasteiger partial charge in [0, 0.05) is 37.2 Å². The molecule has 1 aliphatic rings. The van der Waals surface area contributed by atoms with Crippen LogP contribution in [0.1, 0.15) is 144 Å². The van der Waals surface area contributed by atoms with Gasteiger partial charge >= 0.3 is 0 Å². The van der Waals surface area contributed by atoms with E-state index < -0.39 is 5.67 Å². The number of aliphatic imine (C=N–C) groups is 1. The Morgan fingerprint density at radius 2 is 1.50 bits per heavy atom. The molecule has 2 N–H and O–H groups in total. The highest BCUT2D eigenvalue weighted by Crippen LogP contribution is 2.34. The summed E-state index contributed by atoms with van der Waals surface area (Å²) in [6.45, 7) is 22.2. The minimum atomic E-state index is -1.64. The number of hydrogen-bond donors (Lipinski definition) is 1. The second kappa shape index (κ2) is 26.5. The number of nitrogens with zero attached hydrogens (tertiary/aromatic N) is 2. The molecule has 1 aromatic carbocycles. The first-order valence-corrected chi connectivity index (χ1v) is 17.8. The van der Waals surface area contributed by atoms with Crippen molar-refractivity contribution in [1.82, 2.24) is 0 Å². The van der Waals surface area contributed by atoms with E-state index in [1.54, 1.807) is 0 Å². The number of hydrogen-bond acceptors (Lipinski definition) is 5. The maximum atomic E-state index is 14.7. The molecule has 2 rings (SSSR count). The second-order valence-electron chi connectivity index (χ2n) is 12.6. The lowest BCUT2D eigenvalue weighted by atomic mass is 9.80. The molecule has 46 heavy (non-hydrogen) atoms. The van der Waals surface area contributed by atoms with E-state index in [4.69, 9.17) is 5.73 Å². The van der Waals surface area contributed by atoms with Crippen molar-refractivity contribution < 1.29 is 18.4 Å². The summed E-state index contributed by atoms with van der Waals surface area (Å²) in [5.74, 6) is -0.405. The average Bonchev–Trinajstić information content (AvgIpc) is 3.04. The summed E-state index contributed by atoms with van der Waals surface area (Å²) in [7, 11) is 0.500. The Morgan fingerprint density at radius 1 is 0.957 bits per heavy atom. The van der Waals surface area contributed by atoms with E-state index in [0.717, 1.165) is 19.5 Å². The van der Waals surface area contributed by atoms with Gasteiger partial charge in [0.2, 0.25) is 0 Å². The summed E-state index contributed by atoms with van der Waals surface area (Å²) < 4.78 is 24.2. The van der Waals surface area contributed by atoms with Gasteiger partial charge in [0.25, 0.3) is 0 Å². The van der Waals surface area contributed by atoms with Crippen LogP contribution >= 0.6 is 0 Å². The van der Waals surface area contributed by atoms with Gasteiger partial charge in [0.15, 0.2) is 11.6 Å². The van der Waals surface area contributed by atoms with Crippen LogP contribution in [0.5, 0.6) is 0 Å². The largest absolute Gasteiger partial charge is 0.396 e. The monoisotopic (exact) mass is 650 g/mol. The summed E-state index contributed by atoms with van der Waals surface area (Å²) in [6.07, 6.45) is 13.1. The molecule has 0 aliphatic heterocycles. The molecule has 0 saturated heterocycles. The number of unbranched alkanes of at least 4 members (excludes halogenated alkanes) is 5. The Balaban J connectivity index is 0. The number of carbonyl (C=O) groups is 2. The van der Waals surface area contributed by atoms with Crippen molar-refractivity contribution in [3.63, 3.8) is 0 Å².